The summed E-state index contributed by atoms with van der Waals surface area (Å²) in [5, 5.41) is 5.80. The van der Waals surface area contributed by atoms with Crippen LogP contribution in [0.25, 0.3) is 0 Å². The van der Waals surface area contributed by atoms with Crippen LogP contribution in [-0.4, -0.2) is 68.3 Å². The van der Waals surface area contributed by atoms with Gasteiger partial charge in [-0.3, -0.25) is 0 Å². The van der Waals surface area contributed by atoms with E-state index >= 15 is 0 Å². The van der Waals surface area contributed by atoms with Crippen molar-refractivity contribution < 1.29 is 26.4 Å². The molecule has 0 radical (unpaired) electrons. The molecule has 1 aliphatic heterocycles. The van der Waals surface area contributed by atoms with E-state index in [1.807, 2.05) is 6.92 Å². The Hall–Kier alpha value is -2.08. The van der Waals surface area contributed by atoms with E-state index in [0.29, 0.717) is 31.4 Å². The zero-order chi connectivity index (χ0) is 25.6. The molecule has 1 aromatic rings. The fraction of sp³-hybridized carbons (Fsp3) is 0.739. The molecular weight excluding hydrogens is 483 g/mol. The number of rotatable bonds is 6. The lowest BCUT2D eigenvalue weighted by Crippen LogP contribution is -2.57. The number of anilines is 1. The first-order valence-electron chi connectivity index (χ1n) is 12.1. The van der Waals surface area contributed by atoms with Gasteiger partial charge in [0.05, 0.1) is 11.3 Å². The van der Waals surface area contributed by atoms with Gasteiger partial charge in [0.1, 0.15) is 5.82 Å². The predicted molar refractivity (Wildman–Crippen MR) is 126 cm³/mol. The standard InChI is InChI=1S/C23H34F3N5O3S/c1-4-27-20(32)29-18-13-16-7-8-22(18,21(16,2)3)15-35(33,34)31-11-9-30(10-12-31)19-6-5-17(14-28-19)23(24,25)26/h5-6,14,16,18H,4,7-13,15H2,1-3H3,(H2,27,29,32)/t16-,18?,22+/m1/s1. The maximum atomic E-state index is 13.6. The molecule has 2 saturated carbocycles. The topological polar surface area (TPSA) is 94.6 Å². The minimum atomic E-state index is -4.45. The van der Waals surface area contributed by atoms with Crippen molar-refractivity contribution in [2.75, 3.05) is 43.4 Å². The first-order valence-corrected chi connectivity index (χ1v) is 13.7. The Morgan fingerprint density at radius 1 is 1.20 bits per heavy atom. The zero-order valence-electron chi connectivity index (χ0n) is 20.4. The highest BCUT2D eigenvalue weighted by Gasteiger charge is 2.65. The third kappa shape index (κ3) is 4.71. The molecule has 196 valence electrons. The molecule has 2 N–H and O–H groups in total. The molecule has 12 heteroatoms. The second-order valence-electron chi connectivity index (χ2n) is 10.5. The van der Waals surface area contributed by atoms with Crippen LogP contribution < -0.4 is 15.5 Å². The van der Waals surface area contributed by atoms with Gasteiger partial charge in [0.25, 0.3) is 0 Å². The number of nitrogens with zero attached hydrogens (tertiary/aromatic N) is 3. The highest BCUT2D eigenvalue weighted by Crippen LogP contribution is 2.66. The highest BCUT2D eigenvalue weighted by molar-refractivity contribution is 7.89. The number of sulfonamides is 1. The molecule has 2 aliphatic carbocycles. The quantitative estimate of drug-likeness (QED) is 0.605. The Balaban J connectivity index is 1.45. The number of pyridine rings is 1. The monoisotopic (exact) mass is 517 g/mol. The van der Waals surface area contributed by atoms with E-state index in [2.05, 4.69) is 29.5 Å². The molecule has 2 amide bonds. The van der Waals surface area contributed by atoms with Gasteiger partial charge in [-0.25, -0.2) is 18.2 Å². The molecular formula is C23H34F3N5O3S. The summed E-state index contributed by atoms with van der Waals surface area (Å²) in [5.41, 5.74) is -1.59. The lowest BCUT2D eigenvalue weighted by atomic mass is 9.69. The van der Waals surface area contributed by atoms with Crippen LogP contribution >= 0.6 is 0 Å². The second kappa shape index (κ2) is 9.10. The zero-order valence-corrected chi connectivity index (χ0v) is 21.2. The molecule has 1 aromatic heterocycles. The van der Waals surface area contributed by atoms with Crippen LogP contribution in [0.15, 0.2) is 18.3 Å². The number of carbonyl (C=O) groups excluding carboxylic acids is 1. The largest absolute Gasteiger partial charge is 0.417 e. The van der Waals surface area contributed by atoms with E-state index in [0.717, 1.165) is 31.5 Å². The summed E-state index contributed by atoms with van der Waals surface area (Å²) in [6.07, 6.45) is -1.18. The number of halogens is 3. The van der Waals surface area contributed by atoms with Crippen molar-refractivity contribution in [1.82, 2.24) is 19.9 Å². The summed E-state index contributed by atoms with van der Waals surface area (Å²) in [4.78, 5) is 18.0. The summed E-state index contributed by atoms with van der Waals surface area (Å²) in [6, 6.07) is 1.83. The van der Waals surface area contributed by atoms with Crippen molar-refractivity contribution in [1.29, 1.82) is 0 Å². The number of hydrogen-bond donors (Lipinski definition) is 2. The molecule has 2 bridgehead atoms. The Labute approximate surface area is 204 Å². The van der Waals surface area contributed by atoms with E-state index in [-0.39, 0.29) is 36.3 Å². The number of urea groups is 1. The van der Waals surface area contributed by atoms with Crippen LogP contribution in [0.3, 0.4) is 0 Å². The summed E-state index contributed by atoms with van der Waals surface area (Å²) >= 11 is 0. The Kier molecular flexibility index (Phi) is 6.76. The van der Waals surface area contributed by atoms with Crippen molar-refractivity contribution in [2.24, 2.45) is 16.7 Å². The highest BCUT2D eigenvalue weighted by atomic mass is 32.2. The molecule has 4 rings (SSSR count). The van der Waals surface area contributed by atoms with Crippen LogP contribution in [0, 0.1) is 16.7 Å². The van der Waals surface area contributed by atoms with E-state index in [1.165, 1.54) is 10.4 Å². The van der Waals surface area contributed by atoms with Gasteiger partial charge in [-0.1, -0.05) is 13.8 Å². The second-order valence-corrected chi connectivity index (χ2v) is 12.4. The molecule has 3 aliphatic rings. The van der Waals surface area contributed by atoms with Crippen LogP contribution in [-0.2, 0) is 16.2 Å². The average Bonchev–Trinajstić information content (AvgIpc) is 3.13. The van der Waals surface area contributed by atoms with Gasteiger partial charge >= 0.3 is 12.2 Å². The number of hydrogen-bond acceptors (Lipinski definition) is 5. The normalized spacial score (nSPS) is 28.8. The fourth-order valence-corrected chi connectivity index (χ4v) is 8.62. The predicted octanol–water partition coefficient (Wildman–Crippen LogP) is 3.07. The minimum Gasteiger partial charge on any atom is -0.354 e. The molecule has 1 saturated heterocycles. The summed E-state index contributed by atoms with van der Waals surface area (Å²) in [5.74, 6) is 0.724. The number of aromatic nitrogens is 1. The molecule has 1 unspecified atom stereocenters. The SMILES string of the molecule is CCNC(=O)NC1C[C@H]2CC[C@@]1(CS(=O)(=O)N1CCN(c3ccc(C(F)(F)F)cn3)CC1)C2(C)C. The lowest BCUT2D eigenvalue weighted by molar-refractivity contribution is -0.137. The van der Waals surface area contributed by atoms with Crippen molar-refractivity contribution in [3.8, 4) is 0 Å². The molecule has 3 fully saturated rings. The number of carbonyl (C=O) groups is 1. The van der Waals surface area contributed by atoms with Gasteiger partial charge in [-0.2, -0.15) is 17.5 Å². The molecule has 0 spiro atoms. The number of fused-ring (bicyclic) bond motifs is 2. The Morgan fingerprint density at radius 2 is 1.89 bits per heavy atom. The summed E-state index contributed by atoms with van der Waals surface area (Å²) < 4.78 is 67.1. The van der Waals surface area contributed by atoms with Crippen LogP contribution in [0.5, 0.6) is 0 Å². The van der Waals surface area contributed by atoms with Crippen LogP contribution in [0.4, 0.5) is 23.8 Å². The summed E-state index contributed by atoms with van der Waals surface area (Å²) in [6.45, 7) is 7.73. The molecule has 8 nitrogen and oxygen atoms in total. The van der Waals surface area contributed by atoms with Gasteiger partial charge < -0.3 is 15.5 Å². The van der Waals surface area contributed by atoms with Crippen LogP contribution in [0.1, 0.15) is 45.6 Å². The van der Waals surface area contributed by atoms with Crippen molar-refractivity contribution in [2.45, 2.75) is 52.3 Å². The van der Waals surface area contributed by atoms with Crippen molar-refractivity contribution in [3.63, 3.8) is 0 Å². The van der Waals surface area contributed by atoms with Gasteiger partial charge in [0, 0.05) is 50.4 Å². The van der Waals surface area contributed by atoms with Gasteiger partial charge in [-0.15, -0.1) is 0 Å². The van der Waals surface area contributed by atoms with Gasteiger partial charge in [-0.05, 0) is 49.7 Å². The van der Waals surface area contributed by atoms with E-state index in [4.69, 9.17) is 0 Å². The molecule has 3 atom stereocenters. The minimum absolute atomic E-state index is 0.0287. The van der Waals surface area contributed by atoms with Gasteiger partial charge in [0.15, 0.2) is 0 Å². The maximum Gasteiger partial charge on any atom is 0.417 e. The third-order valence-corrected chi connectivity index (χ3v) is 10.6. The third-order valence-electron chi connectivity index (χ3n) is 8.54. The number of nitrogens with one attached hydrogen (secondary N) is 2. The molecule has 35 heavy (non-hydrogen) atoms. The van der Waals surface area contributed by atoms with Crippen molar-refractivity contribution >= 4 is 21.9 Å². The smallest absolute Gasteiger partial charge is 0.354 e. The molecule has 2 heterocycles. The fourth-order valence-electron chi connectivity index (χ4n) is 6.35. The van der Waals surface area contributed by atoms with Crippen molar-refractivity contribution in [3.05, 3.63) is 23.9 Å². The van der Waals surface area contributed by atoms with E-state index in [9.17, 15) is 26.4 Å². The van der Waals surface area contributed by atoms with Crippen LogP contribution in [0.2, 0.25) is 0 Å². The molecule has 0 aromatic carbocycles. The van der Waals surface area contributed by atoms with E-state index < -0.39 is 27.2 Å². The first-order chi connectivity index (χ1) is 16.3. The number of alkyl halides is 3. The first kappa shape index (κ1) is 26.0. The Morgan fingerprint density at radius 3 is 2.43 bits per heavy atom. The number of amides is 2. The van der Waals surface area contributed by atoms with E-state index in [1.54, 1.807) is 4.90 Å². The lowest BCUT2D eigenvalue weighted by Gasteiger charge is -2.44. The maximum absolute atomic E-state index is 13.6. The average molecular weight is 518 g/mol. The number of piperazine rings is 1. The van der Waals surface area contributed by atoms with Gasteiger partial charge in [0.2, 0.25) is 10.0 Å². The Bertz CT molecular complexity index is 1040. The summed E-state index contributed by atoms with van der Waals surface area (Å²) in [7, 11) is -3.63.